The van der Waals surface area contributed by atoms with Gasteiger partial charge in [0.15, 0.2) is 5.82 Å². The Kier molecular flexibility index (Phi) is 6.31. The Morgan fingerprint density at radius 2 is 1.96 bits per heavy atom. The number of aliphatic hydroxyl groups excluding tert-OH is 1. The van der Waals surface area contributed by atoms with E-state index in [1.165, 1.54) is 0 Å². The van der Waals surface area contributed by atoms with Gasteiger partial charge in [0.25, 0.3) is 5.69 Å². The molecule has 1 aromatic rings. The van der Waals surface area contributed by atoms with E-state index in [0.717, 1.165) is 12.1 Å². The van der Waals surface area contributed by atoms with Crippen molar-refractivity contribution in [2.45, 2.75) is 32.5 Å². The fraction of sp³-hybridized carbons (Fsp3) is 0.571. The first-order valence-electron chi connectivity index (χ1n) is 6.93. The molecular formula is C14H18F4N2O3. The van der Waals surface area contributed by atoms with Gasteiger partial charge in [0.1, 0.15) is 6.54 Å². The molecule has 0 aromatic heterocycles. The number of halogens is 4. The average molecular weight is 338 g/mol. The lowest BCUT2D eigenvalue weighted by Crippen LogP contribution is -2.45. The topological polar surface area (TPSA) is 66.6 Å². The number of hydrogen-bond acceptors (Lipinski definition) is 4. The minimum absolute atomic E-state index is 0.0241. The van der Waals surface area contributed by atoms with Crippen LogP contribution in [0.1, 0.15) is 20.3 Å². The first-order valence-corrected chi connectivity index (χ1v) is 6.93. The average Bonchev–Trinajstić information content (AvgIpc) is 2.41. The van der Waals surface area contributed by atoms with E-state index in [1.54, 1.807) is 13.8 Å². The molecular weight excluding hydrogens is 320 g/mol. The molecule has 1 N–H and O–H groups in total. The molecule has 0 amide bonds. The van der Waals surface area contributed by atoms with Gasteiger partial charge in [-0.15, -0.1) is 0 Å². The summed E-state index contributed by atoms with van der Waals surface area (Å²) in [6.07, 6.45) is -4.40. The molecule has 1 rings (SSSR count). The van der Waals surface area contributed by atoms with E-state index in [2.05, 4.69) is 0 Å². The third kappa shape index (κ3) is 5.66. The second-order valence-electron chi connectivity index (χ2n) is 5.60. The van der Waals surface area contributed by atoms with Crippen molar-refractivity contribution in [3.05, 3.63) is 34.1 Å². The van der Waals surface area contributed by atoms with Gasteiger partial charge in [-0.2, -0.15) is 13.2 Å². The molecule has 0 bridgehead atoms. The Morgan fingerprint density at radius 1 is 1.35 bits per heavy atom. The Bertz CT molecular complexity index is 549. The molecule has 0 radical (unpaired) electrons. The Balaban J connectivity index is 3.25. The predicted molar refractivity (Wildman–Crippen MR) is 76.8 cm³/mol. The van der Waals surface area contributed by atoms with Gasteiger partial charge < -0.3 is 10.0 Å². The van der Waals surface area contributed by atoms with Crippen molar-refractivity contribution >= 4 is 11.4 Å². The summed E-state index contributed by atoms with van der Waals surface area (Å²) in [5.74, 6) is -1.16. The van der Waals surface area contributed by atoms with Gasteiger partial charge in [0, 0.05) is 6.07 Å². The highest BCUT2D eigenvalue weighted by atomic mass is 19.4. The minimum Gasteiger partial charge on any atom is -0.394 e. The second kappa shape index (κ2) is 7.58. The van der Waals surface area contributed by atoms with E-state index in [0.29, 0.717) is 11.0 Å². The van der Waals surface area contributed by atoms with Crippen molar-refractivity contribution in [2.24, 2.45) is 5.92 Å². The number of benzene rings is 1. The van der Waals surface area contributed by atoms with Crippen LogP contribution in [0.15, 0.2) is 18.2 Å². The van der Waals surface area contributed by atoms with Gasteiger partial charge >= 0.3 is 6.18 Å². The molecule has 0 aliphatic heterocycles. The molecule has 5 nitrogen and oxygen atoms in total. The molecule has 1 aromatic carbocycles. The number of rotatable bonds is 7. The molecule has 0 saturated heterocycles. The summed E-state index contributed by atoms with van der Waals surface area (Å²) in [6, 6.07) is 1.49. The molecule has 130 valence electrons. The highest BCUT2D eigenvalue weighted by Crippen LogP contribution is 2.30. The van der Waals surface area contributed by atoms with Crippen LogP contribution >= 0.6 is 0 Å². The van der Waals surface area contributed by atoms with E-state index in [9.17, 15) is 32.8 Å². The lowest BCUT2D eigenvalue weighted by molar-refractivity contribution is -0.385. The van der Waals surface area contributed by atoms with Crippen LogP contribution in [0.25, 0.3) is 0 Å². The summed E-state index contributed by atoms with van der Waals surface area (Å²) in [7, 11) is 0. The number of nitro benzene ring substituents is 1. The van der Waals surface area contributed by atoms with Gasteiger partial charge in [-0.25, -0.2) is 4.39 Å². The maximum atomic E-state index is 14.1. The normalized spacial score (nSPS) is 13.2. The highest BCUT2D eigenvalue weighted by molar-refractivity contribution is 5.53. The van der Waals surface area contributed by atoms with Crippen LogP contribution in [0.3, 0.4) is 0 Å². The Labute approximate surface area is 130 Å². The second-order valence-corrected chi connectivity index (χ2v) is 5.60. The van der Waals surface area contributed by atoms with Gasteiger partial charge in [0.05, 0.1) is 29.3 Å². The van der Waals surface area contributed by atoms with Crippen LogP contribution in [-0.2, 0) is 0 Å². The van der Waals surface area contributed by atoms with Crippen molar-refractivity contribution in [3.8, 4) is 0 Å². The van der Waals surface area contributed by atoms with Crippen molar-refractivity contribution in [2.75, 3.05) is 18.1 Å². The number of nitrogens with zero attached hydrogens (tertiary/aromatic N) is 2. The lowest BCUT2D eigenvalue weighted by atomic mass is 10.0. The molecule has 0 aliphatic rings. The summed E-state index contributed by atoms with van der Waals surface area (Å²) < 4.78 is 52.5. The summed E-state index contributed by atoms with van der Waals surface area (Å²) in [4.78, 5) is 10.5. The summed E-state index contributed by atoms with van der Waals surface area (Å²) in [6.45, 7) is 1.48. The van der Waals surface area contributed by atoms with E-state index in [-0.39, 0.29) is 12.3 Å². The zero-order valence-electron chi connectivity index (χ0n) is 12.7. The number of aliphatic hydroxyl groups is 1. The molecule has 0 heterocycles. The van der Waals surface area contributed by atoms with Crippen LogP contribution in [-0.4, -0.2) is 35.4 Å². The Morgan fingerprint density at radius 3 is 2.35 bits per heavy atom. The minimum atomic E-state index is -4.61. The monoisotopic (exact) mass is 338 g/mol. The maximum absolute atomic E-state index is 14.1. The smallest absolute Gasteiger partial charge is 0.394 e. The van der Waals surface area contributed by atoms with Crippen LogP contribution in [0.2, 0.25) is 0 Å². The van der Waals surface area contributed by atoms with Crippen LogP contribution in [0.5, 0.6) is 0 Å². The SMILES string of the molecule is CC(C)CC(CO)N(CC(F)(F)F)c1ccc([N+](=O)[O-])cc1F. The standard InChI is InChI=1S/C14H18F4N2O3/c1-9(2)5-11(7-21)19(8-14(16,17)18)13-4-3-10(20(22)23)6-12(13)15/h3-4,6,9,11,21H,5,7-8H2,1-2H3. The third-order valence-electron chi connectivity index (χ3n) is 3.20. The fourth-order valence-corrected chi connectivity index (χ4v) is 2.29. The zero-order valence-corrected chi connectivity index (χ0v) is 12.7. The molecule has 23 heavy (non-hydrogen) atoms. The van der Waals surface area contributed by atoms with Gasteiger partial charge in [-0.3, -0.25) is 10.1 Å². The number of hydrogen-bond donors (Lipinski definition) is 1. The third-order valence-corrected chi connectivity index (χ3v) is 3.20. The van der Waals surface area contributed by atoms with Crippen molar-refractivity contribution < 1.29 is 27.6 Å². The van der Waals surface area contributed by atoms with E-state index in [1.807, 2.05) is 0 Å². The molecule has 0 spiro atoms. The summed E-state index contributed by atoms with van der Waals surface area (Å²) >= 11 is 0. The first-order chi connectivity index (χ1) is 10.5. The molecule has 0 fully saturated rings. The van der Waals surface area contributed by atoms with Gasteiger partial charge in [-0.05, 0) is 18.4 Å². The largest absolute Gasteiger partial charge is 0.405 e. The van der Waals surface area contributed by atoms with E-state index in [4.69, 9.17) is 0 Å². The number of alkyl halides is 3. The maximum Gasteiger partial charge on any atom is 0.405 e. The zero-order chi connectivity index (χ0) is 17.8. The van der Waals surface area contributed by atoms with Crippen LogP contribution in [0, 0.1) is 21.8 Å². The van der Waals surface area contributed by atoms with Crippen LogP contribution < -0.4 is 4.90 Å². The molecule has 9 heteroatoms. The number of non-ortho nitro benzene ring substituents is 1. The lowest BCUT2D eigenvalue weighted by Gasteiger charge is -2.34. The summed E-state index contributed by atoms with van der Waals surface area (Å²) in [5, 5.41) is 20.0. The molecule has 0 saturated carbocycles. The molecule has 1 atom stereocenters. The predicted octanol–water partition coefficient (Wildman–Crippen LogP) is 3.51. The molecule has 1 unspecified atom stereocenters. The van der Waals surface area contributed by atoms with Crippen LogP contribution in [0.4, 0.5) is 28.9 Å². The first kappa shape index (κ1) is 19.1. The fourth-order valence-electron chi connectivity index (χ4n) is 2.29. The number of nitro groups is 1. The van der Waals surface area contributed by atoms with Gasteiger partial charge in [0.2, 0.25) is 0 Å². The summed E-state index contributed by atoms with van der Waals surface area (Å²) in [5.41, 5.74) is -0.977. The van der Waals surface area contributed by atoms with Crippen molar-refractivity contribution in [1.82, 2.24) is 0 Å². The van der Waals surface area contributed by atoms with Crippen molar-refractivity contribution in [3.63, 3.8) is 0 Å². The van der Waals surface area contributed by atoms with Gasteiger partial charge in [-0.1, -0.05) is 13.8 Å². The number of anilines is 1. The van der Waals surface area contributed by atoms with E-state index >= 15 is 0 Å². The van der Waals surface area contributed by atoms with E-state index < -0.39 is 47.5 Å². The quantitative estimate of drug-likeness (QED) is 0.469. The molecule has 0 aliphatic carbocycles. The Hall–Kier alpha value is -1.90. The van der Waals surface area contributed by atoms with Crippen molar-refractivity contribution in [1.29, 1.82) is 0 Å². The highest BCUT2D eigenvalue weighted by Gasteiger charge is 2.35.